The maximum atomic E-state index is 11.6. The number of carbonyl (C=O) groups is 1. The minimum atomic E-state index is -0.488. The molecular weight excluding hydrogens is 291 g/mol. The zero-order valence-corrected chi connectivity index (χ0v) is 11.4. The number of halogens is 2. The third kappa shape index (κ3) is 3.80. The van der Waals surface area contributed by atoms with Crippen LogP contribution in [0.5, 0.6) is 0 Å². The van der Waals surface area contributed by atoms with E-state index in [0.717, 1.165) is 18.4 Å². The normalized spacial score (nSPS) is 12.2. The molecule has 0 N–H and O–H groups in total. The van der Waals surface area contributed by atoms with E-state index in [1.807, 2.05) is 25.1 Å². The van der Waals surface area contributed by atoms with Gasteiger partial charge in [-0.15, -0.1) is 0 Å². The molecule has 0 bridgehead atoms. The standard InChI is InChI=1S/C12H14BrClO2/c1-2-3-8-16-12(15)11(13)9-6-4-5-7-10(9)14/h4-7,11H,2-3,8H2,1H3. The summed E-state index contributed by atoms with van der Waals surface area (Å²) in [5.41, 5.74) is 0.741. The van der Waals surface area contributed by atoms with Crippen LogP contribution in [0.1, 0.15) is 30.2 Å². The molecule has 0 saturated carbocycles. The summed E-state index contributed by atoms with van der Waals surface area (Å²) in [4.78, 5) is 11.2. The van der Waals surface area contributed by atoms with Crippen molar-refractivity contribution in [2.45, 2.75) is 24.6 Å². The van der Waals surface area contributed by atoms with Crippen LogP contribution in [0.4, 0.5) is 0 Å². The van der Waals surface area contributed by atoms with Gasteiger partial charge in [-0.2, -0.15) is 0 Å². The maximum absolute atomic E-state index is 11.6. The average Bonchev–Trinajstić information content (AvgIpc) is 2.29. The van der Waals surface area contributed by atoms with Crippen molar-refractivity contribution in [1.29, 1.82) is 0 Å². The first-order valence-electron chi connectivity index (χ1n) is 5.22. The minimum absolute atomic E-state index is 0.290. The summed E-state index contributed by atoms with van der Waals surface area (Å²) in [6.45, 7) is 2.51. The lowest BCUT2D eigenvalue weighted by molar-refractivity contribution is -0.143. The minimum Gasteiger partial charge on any atom is -0.465 e. The van der Waals surface area contributed by atoms with Crippen molar-refractivity contribution in [3.05, 3.63) is 34.9 Å². The fraction of sp³-hybridized carbons (Fsp3) is 0.417. The summed E-state index contributed by atoms with van der Waals surface area (Å²) in [7, 11) is 0. The van der Waals surface area contributed by atoms with Crippen LogP contribution in [0.25, 0.3) is 0 Å². The molecule has 0 aliphatic carbocycles. The molecular formula is C12H14BrClO2. The Morgan fingerprint density at radius 1 is 1.50 bits per heavy atom. The number of esters is 1. The predicted molar refractivity (Wildman–Crippen MR) is 69.0 cm³/mol. The highest BCUT2D eigenvalue weighted by molar-refractivity contribution is 9.09. The number of carbonyl (C=O) groups excluding carboxylic acids is 1. The van der Waals surface area contributed by atoms with Gasteiger partial charge < -0.3 is 4.74 Å². The van der Waals surface area contributed by atoms with Gasteiger partial charge in [-0.1, -0.05) is 59.1 Å². The van der Waals surface area contributed by atoms with E-state index >= 15 is 0 Å². The van der Waals surface area contributed by atoms with Crippen molar-refractivity contribution >= 4 is 33.5 Å². The van der Waals surface area contributed by atoms with Crippen molar-refractivity contribution in [2.24, 2.45) is 0 Å². The molecule has 4 heteroatoms. The molecule has 16 heavy (non-hydrogen) atoms. The summed E-state index contributed by atoms with van der Waals surface area (Å²) in [6.07, 6.45) is 1.89. The number of benzene rings is 1. The van der Waals surface area contributed by atoms with E-state index in [9.17, 15) is 4.79 Å². The first-order valence-corrected chi connectivity index (χ1v) is 6.51. The molecule has 1 aromatic rings. The number of hydrogen-bond acceptors (Lipinski definition) is 2. The highest BCUT2D eigenvalue weighted by Gasteiger charge is 2.20. The molecule has 0 aliphatic rings. The van der Waals surface area contributed by atoms with Crippen LogP contribution in [0.2, 0.25) is 5.02 Å². The van der Waals surface area contributed by atoms with E-state index in [2.05, 4.69) is 15.9 Å². The fourth-order valence-corrected chi connectivity index (χ4v) is 2.11. The molecule has 0 heterocycles. The highest BCUT2D eigenvalue weighted by Crippen LogP contribution is 2.30. The zero-order chi connectivity index (χ0) is 12.0. The average molecular weight is 306 g/mol. The van der Waals surface area contributed by atoms with E-state index in [1.165, 1.54) is 0 Å². The van der Waals surface area contributed by atoms with Crippen molar-refractivity contribution in [3.63, 3.8) is 0 Å². The van der Waals surface area contributed by atoms with Gasteiger partial charge in [0.15, 0.2) is 0 Å². The molecule has 88 valence electrons. The van der Waals surface area contributed by atoms with Gasteiger partial charge in [-0.3, -0.25) is 4.79 Å². The molecule has 1 unspecified atom stereocenters. The van der Waals surface area contributed by atoms with E-state index in [4.69, 9.17) is 16.3 Å². The van der Waals surface area contributed by atoms with Crippen LogP contribution in [-0.2, 0) is 9.53 Å². The van der Waals surface area contributed by atoms with Gasteiger partial charge in [0.25, 0.3) is 0 Å². The van der Waals surface area contributed by atoms with Crippen LogP contribution in [-0.4, -0.2) is 12.6 Å². The Bertz CT molecular complexity index is 355. The lowest BCUT2D eigenvalue weighted by Gasteiger charge is -2.11. The van der Waals surface area contributed by atoms with Crippen LogP contribution in [0.3, 0.4) is 0 Å². The summed E-state index contributed by atoms with van der Waals surface area (Å²) in [5, 5.41) is 0.566. The van der Waals surface area contributed by atoms with Gasteiger partial charge in [-0.25, -0.2) is 0 Å². The molecule has 1 atom stereocenters. The van der Waals surface area contributed by atoms with Crippen molar-refractivity contribution < 1.29 is 9.53 Å². The van der Waals surface area contributed by atoms with Crippen LogP contribution in [0, 0.1) is 0 Å². The maximum Gasteiger partial charge on any atom is 0.324 e. The summed E-state index contributed by atoms with van der Waals surface area (Å²) >= 11 is 9.28. The molecule has 0 spiro atoms. The number of alkyl halides is 1. The first kappa shape index (κ1) is 13.5. The topological polar surface area (TPSA) is 26.3 Å². The van der Waals surface area contributed by atoms with Crippen molar-refractivity contribution in [1.82, 2.24) is 0 Å². The lowest BCUT2D eigenvalue weighted by Crippen LogP contribution is -2.12. The molecule has 0 radical (unpaired) electrons. The Morgan fingerprint density at radius 3 is 2.81 bits per heavy atom. The fourth-order valence-electron chi connectivity index (χ4n) is 1.20. The van der Waals surface area contributed by atoms with Gasteiger partial charge in [0.2, 0.25) is 0 Å². The van der Waals surface area contributed by atoms with E-state index in [1.54, 1.807) is 6.07 Å². The van der Waals surface area contributed by atoms with Gasteiger partial charge in [0, 0.05) is 5.02 Å². The molecule has 0 amide bonds. The van der Waals surface area contributed by atoms with Gasteiger partial charge in [0.1, 0.15) is 4.83 Å². The van der Waals surface area contributed by atoms with Crippen molar-refractivity contribution in [3.8, 4) is 0 Å². The number of unbranched alkanes of at least 4 members (excludes halogenated alkanes) is 1. The molecule has 0 saturated heterocycles. The highest BCUT2D eigenvalue weighted by atomic mass is 79.9. The van der Waals surface area contributed by atoms with E-state index in [0.29, 0.717) is 11.6 Å². The first-order chi connectivity index (χ1) is 7.66. The second-order valence-corrected chi connectivity index (χ2v) is 4.73. The Kier molecular flexibility index (Phi) is 5.85. The zero-order valence-electron chi connectivity index (χ0n) is 9.08. The molecule has 2 nitrogen and oxygen atoms in total. The lowest BCUT2D eigenvalue weighted by atomic mass is 10.1. The van der Waals surface area contributed by atoms with Crippen molar-refractivity contribution in [2.75, 3.05) is 6.61 Å². The smallest absolute Gasteiger partial charge is 0.324 e. The number of rotatable bonds is 5. The summed E-state index contributed by atoms with van der Waals surface area (Å²) < 4.78 is 5.11. The Morgan fingerprint density at radius 2 is 2.19 bits per heavy atom. The van der Waals surface area contributed by atoms with E-state index in [-0.39, 0.29) is 5.97 Å². The summed E-state index contributed by atoms with van der Waals surface area (Å²) in [6, 6.07) is 7.23. The summed E-state index contributed by atoms with van der Waals surface area (Å²) in [5.74, 6) is -0.290. The number of ether oxygens (including phenoxy) is 1. The van der Waals surface area contributed by atoms with Gasteiger partial charge in [-0.05, 0) is 18.1 Å². The second-order valence-electron chi connectivity index (χ2n) is 3.41. The monoisotopic (exact) mass is 304 g/mol. The van der Waals surface area contributed by atoms with E-state index < -0.39 is 4.83 Å². The number of hydrogen-bond donors (Lipinski definition) is 0. The molecule has 1 aromatic carbocycles. The van der Waals surface area contributed by atoms with Crippen LogP contribution < -0.4 is 0 Å². The van der Waals surface area contributed by atoms with Crippen LogP contribution >= 0.6 is 27.5 Å². The molecule has 1 rings (SSSR count). The third-order valence-electron chi connectivity index (χ3n) is 2.13. The SMILES string of the molecule is CCCCOC(=O)C(Br)c1ccccc1Cl. The third-order valence-corrected chi connectivity index (χ3v) is 3.34. The second kappa shape index (κ2) is 6.92. The molecule has 0 aliphatic heterocycles. The largest absolute Gasteiger partial charge is 0.465 e. The van der Waals surface area contributed by atoms with Gasteiger partial charge >= 0.3 is 5.97 Å². The molecule has 0 aromatic heterocycles. The van der Waals surface area contributed by atoms with Gasteiger partial charge in [0.05, 0.1) is 6.61 Å². The Labute approximate surface area is 109 Å². The quantitative estimate of drug-likeness (QED) is 0.465. The molecule has 0 fully saturated rings. The predicted octanol–water partition coefficient (Wildman–Crippen LogP) is 4.12. The van der Waals surface area contributed by atoms with Crippen LogP contribution in [0.15, 0.2) is 24.3 Å². The Hall–Kier alpha value is -0.540. The Balaban J connectivity index is 2.60.